The number of carboxylic acid groups (broad SMARTS) is 1. The second-order valence-electron chi connectivity index (χ2n) is 5.58. The molecule has 8 heteroatoms. The molecule has 0 spiro atoms. The van der Waals surface area contributed by atoms with Crippen molar-refractivity contribution < 1.29 is 29.1 Å². The molecule has 0 aliphatic carbocycles. The average molecular weight is 340 g/mol. The van der Waals surface area contributed by atoms with Crippen LogP contribution in [0.4, 0.5) is 0 Å². The van der Waals surface area contributed by atoms with Crippen LogP contribution < -0.4 is 5.32 Å². The van der Waals surface area contributed by atoms with Gasteiger partial charge in [0.25, 0.3) is 11.8 Å². The van der Waals surface area contributed by atoms with Gasteiger partial charge in [-0.25, -0.2) is 0 Å². The van der Waals surface area contributed by atoms with Crippen LogP contribution >= 0.6 is 0 Å². The highest BCUT2D eigenvalue weighted by molar-refractivity contribution is 6.23. The number of carboxylic acids is 1. The van der Waals surface area contributed by atoms with E-state index in [1.54, 1.807) is 0 Å². The third kappa shape index (κ3) is 2.99. The van der Waals surface area contributed by atoms with Crippen molar-refractivity contribution in [3.63, 3.8) is 0 Å². The van der Waals surface area contributed by atoms with Crippen LogP contribution in [0.1, 0.15) is 45.5 Å². The Bertz CT molecular complexity index is 892. The van der Waals surface area contributed by atoms with Gasteiger partial charge in [-0.2, -0.15) is 0 Å². The van der Waals surface area contributed by atoms with E-state index in [2.05, 4.69) is 17.2 Å². The molecule has 8 nitrogen and oxygen atoms in total. The molecule has 2 heterocycles. The van der Waals surface area contributed by atoms with E-state index in [9.17, 15) is 24.0 Å². The maximum absolute atomic E-state index is 12.6. The van der Waals surface area contributed by atoms with Crippen molar-refractivity contribution in [2.75, 3.05) is 0 Å². The molecule has 1 saturated heterocycles. The van der Waals surface area contributed by atoms with Gasteiger partial charge < -0.3 is 5.11 Å². The van der Waals surface area contributed by atoms with Crippen molar-refractivity contribution in [1.82, 2.24) is 10.2 Å². The number of imide groups is 2. The first-order valence-electron chi connectivity index (χ1n) is 7.45. The summed E-state index contributed by atoms with van der Waals surface area (Å²) in [5.74, 6) is 1.66. The van der Waals surface area contributed by atoms with E-state index in [1.165, 1.54) is 18.2 Å². The molecule has 1 unspecified atom stereocenters. The van der Waals surface area contributed by atoms with Gasteiger partial charge in [0.2, 0.25) is 11.8 Å². The third-order valence-electron chi connectivity index (χ3n) is 3.91. The number of carbonyl (C=O) groups excluding carboxylic acids is 4. The van der Waals surface area contributed by atoms with Crippen molar-refractivity contribution in [1.29, 1.82) is 0 Å². The van der Waals surface area contributed by atoms with Gasteiger partial charge in [-0.05, 0) is 24.6 Å². The highest BCUT2D eigenvalue weighted by Gasteiger charge is 2.44. The van der Waals surface area contributed by atoms with E-state index in [-0.39, 0.29) is 30.4 Å². The molecular formula is C17H12N2O6. The number of piperidine rings is 1. The number of carbonyl (C=O) groups is 5. The van der Waals surface area contributed by atoms with Crippen LogP contribution in [0.15, 0.2) is 18.2 Å². The number of benzene rings is 1. The first-order chi connectivity index (χ1) is 11.9. The van der Waals surface area contributed by atoms with E-state index < -0.39 is 35.6 Å². The topological polar surface area (TPSA) is 121 Å². The number of aliphatic carboxylic acids is 1. The van der Waals surface area contributed by atoms with Crippen molar-refractivity contribution in [2.45, 2.75) is 25.3 Å². The lowest BCUT2D eigenvalue weighted by Crippen LogP contribution is -2.54. The normalized spacial score (nSPS) is 19.2. The fourth-order valence-electron chi connectivity index (χ4n) is 2.77. The average Bonchev–Trinajstić information content (AvgIpc) is 2.79. The minimum absolute atomic E-state index is 0.0513. The summed E-state index contributed by atoms with van der Waals surface area (Å²) in [6.45, 7) is 0. The van der Waals surface area contributed by atoms with Crippen LogP contribution in [0.2, 0.25) is 0 Å². The van der Waals surface area contributed by atoms with E-state index in [4.69, 9.17) is 5.11 Å². The van der Waals surface area contributed by atoms with E-state index in [0.29, 0.717) is 5.56 Å². The molecule has 2 N–H and O–H groups in total. The molecule has 1 fully saturated rings. The minimum Gasteiger partial charge on any atom is -0.481 e. The van der Waals surface area contributed by atoms with Crippen molar-refractivity contribution in [3.8, 4) is 11.8 Å². The lowest BCUT2D eigenvalue weighted by atomic mass is 10.0. The number of fused-ring (bicyclic) bond motifs is 1. The molecule has 2 aliphatic heterocycles. The highest BCUT2D eigenvalue weighted by atomic mass is 16.4. The molecule has 0 bridgehead atoms. The summed E-state index contributed by atoms with van der Waals surface area (Å²) < 4.78 is 0. The zero-order valence-corrected chi connectivity index (χ0v) is 12.9. The first kappa shape index (κ1) is 16.4. The van der Waals surface area contributed by atoms with Gasteiger partial charge in [-0.15, -0.1) is 0 Å². The number of nitrogens with one attached hydrogen (secondary N) is 1. The molecule has 1 aromatic rings. The van der Waals surface area contributed by atoms with Gasteiger partial charge in [-0.1, -0.05) is 11.8 Å². The van der Waals surface area contributed by atoms with Crippen LogP contribution in [-0.4, -0.2) is 45.6 Å². The fourth-order valence-corrected chi connectivity index (χ4v) is 2.77. The van der Waals surface area contributed by atoms with Gasteiger partial charge in [0.15, 0.2) is 0 Å². The molecule has 3 rings (SSSR count). The van der Waals surface area contributed by atoms with Crippen LogP contribution in [0.3, 0.4) is 0 Å². The number of hydrogen-bond donors (Lipinski definition) is 2. The molecule has 25 heavy (non-hydrogen) atoms. The van der Waals surface area contributed by atoms with Crippen LogP contribution in [0.25, 0.3) is 0 Å². The lowest BCUT2D eigenvalue weighted by molar-refractivity contribution is -0.137. The molecular weight excluding hydrogens is 328 g/mol. The molecule has 0 radical (unpaired) electrons. The van der Waals surface area contributed by atoms with Gasteiger partial charge in [0, 0.05) is 12.0 Å². The summed E-state index contributed by atoms with van der Waals surface area (Å²) in [6, 6.07) is 3.31. The Labute approximate surface area is 141 Å². The van der Waals surface area contributed by atoms with Crippen LogP contribution in [0.5, 0.6) is 0 Å². The number of nitrogens with zero attached hydrogens (tertiary/aromatic N) is 1. The predicted octanol–water partition coefficient (Wildman–Crippen LogP) is -0.0860. The Hall–Kier alpha value is -3.47. The Balaban J connectivity index is 1.88. The van der Waals surface area contributed by atoms with Crippen molar-refractivity contribution in [2.24, 2.45) is 0 Å². The molecule has 4 amide bonds. The highest BCUT2D eigenvalue weighted by Crippen LogP contribution is 2.28. The van der Waals surface area contributed by atoms with Gasteiger partial charge >= 0.3 is 5.97 Å². The Morgan fingerprint density at radius 1 is 1.20 bits per heavy atom. The third-order valence-corrected chi connectivity index (χ3v) is 3.91. The zero-order chi connectivity index (χ0) is 18.1. The van der Waals surface area contributed by atoms with E-state index in [0.717, 1.165) is 4.90 Å². The summed E-state index contributed by atoms with van der Waals surface area (Å²) in [6.07, 6.45) is -0.205. The summed E-state index contributed by atoms with van der Waals surface area (Å²) >= 11 is 0. The number of amides is 4. The summed E-state index contributed by atoms with van der Waals surface area (Å²) in [4.78, 5) is 59.6. The second-order valence-corrected chi connectivity index (χ2v) is 5.58. The van der Waals surface area contributed by atoms with Crippen molar-refractivity contribution >= 4 is 29.6 Å². The molecule has 2 aliphatic rings. The van der Waals surface area contributed by atoms with E-state index >= 15 is 0 Å². The molecule has 1 aromatic carbocycles. The standard InChI is InChI=1S/C17H12N2O6/c20-13-7-6-12(15(23)18-13)19-16(24)10-5-4-9(2-1-3-14(21)22)8-11(10)17(19)25/h4-5,8,12H,3,6-7H2,(H,21,22)(H,18,20,23). The Morgan fingerprint density at radius 2 is 1.92 bits per heavy atom. The van der Waals surface area contributed by atoms with E-state index in [1.807, 2.05) is 0 Å². The predicted molar refractivity (Wildman–Crippen MR) is 82.2 cm³/mol. The van der Waals surface area contributed by atoms with Gasteiger partial charge in [-0.3, -0.25) is 34.2 Å². The summed E-state index contributed by atoms with van der Waals surface area (Å²) in [7, 11) is 0. The fraction of sp³-hybridized carbons (Fsp3) is 0.235. The number of rotatable bonds is 2. The smallest absolute Gasteiger partial charge is 0.315 e. The number of hydrogen-bond acceptors (Lipinski definition) is 5. The summed E-state index contributed by atoms with van der Waals surface area (Å²) in [5, 5.41) is 10.7. The Morgan fingerprint density at radius 3 is 2.60 bits per heavy atom. The molecule has 0 saturated carbocycles. The van der Waals surface area contributed by atoms with Gasteiger partial charge in [0.05, 0.1) is 11.1 Å². The summed E-state index contributed by atoms with van der Waals surface area (Å²) in [5.41, 5.74) is 0.654. The largest absolute Gasteiger partial charge is 0.481 e. The zero-order valence-electron chi connectivity index (χ0n) is 12.9. The SMILES string of the molecule is O=C(O)CC#Cc1ccc2c(c1)C(=O)N(C1CCC(=O)NC1=O)C2=O. The van der Waals surface area contributed by atoms with Crippen molar-refractivity contribution in [3.05, 3.63) is 34.9 Å². The second kappa shape index (κ2) is 6.20. The monoisotopic (exact) mass is 340 g/mol. The maximum Gasteiger partial charge on any atom is 0.315 e. The first-order valence-corrected chi connectivity index (χ1v) is 7.45. The van der Waals surface area contributed by atoms with Crippen LogP contribution in [0, 0.1) is 11.8 Å². The maximum atomic E-state index is 12.6. The molecule has 0 aromatic heterocycles. The lowest BCUT2D eigenvalue weighted by Gasteiger charge is -2.27. The quantitative estimate of drug-likeness (QED) is 0.573. The molecule has 126 valence electrons. The van der Waals surface area contributed by atoms with Crippen LogP contribution in [-0.2, 0) is 14.4 Å². The molecule has 1 atom stereocenters. The minimum atomic E-state index is -1.07. The Kier molecular flexibility index (Phi) is 4.07. The van der Waals surface area contributed by atoms with Gasteiger partial charge in [0.1, 0.15) is 12.5 Å².